The number of hydrogen-bond acceptors (Lipinski definition) is 4. The zero-order chi connectivity index (χ0) is 11.3. The van der Waals surface area contributed by atoms with Crippen LogP contribution in [0.4, 0.5) is 0 Å². The highest BCUT2D eigenvalue weighted by molar-refractivity contribution is 7.99. The van der Waals surface area contributed by atoms with Crippen molar-refractivity contribution in [2.75, 3.05) is 20.0 Å². The number of methoxy groups -OCH3 is 2. The van der Waals surface area contributed by atoms with Gasteiger partial charge in [0.1, 0.15) is 11.3 Å². The van der Waals surface area contributed by atoms with E-state index in [0.717, 1.165) is 10.6 Å². The van der Waals surface area contributed by atoms with Crippen LogP contribution >= 0.6 is 11.8 Å². The second-order valence-electron chi connectivity index (χ2n) is 2.76. The first-order valence-corrected chi connectivity index (χ1v) is 5.61. The summed E-state index contributed by atoms with van der Waals surface area (Å²) in [6.07, 6.45) is 0. The van der Waals surface area contributed by atoms with Gasteiger partial charge in [-0.2, -0.15) is 0 Å². The van der Waals surface area contributed by atoms with Gasteiger partial charge in [-0.25, -0.2) is 4.79 Å². The molecule has 82 valence electrons. The molecule has 0 unspecified atom stereocenters. The van der Waals surface area contributed by atoms with E-state index in [0.29, 0.717) is 11.3 Å². The van der Waals surface area contributed by atoms with E-state index in [1.165, 1.54) is 7.11 Å². The van der Waals surface area contributed by atoms with E-state index in [4.69, 9.17) is 4.74 Å². The van der Waals surface area contributed by atoms with Gasteiger partial charge in [-0.05, 0) is 17.9 Å². The molecule has 0 N–H and O–H groups in total. The lowest BCUT2D eigenvalue weighted by atomic mass is 10.2. The largest absolute Gasteiger partial charge is 0.495 e. The summed E-state index contributed by atoms with van der Waals surface area (Å²) in [5.41, 5.74) is 0.471. The molecule has 0 bridgehead atoms. The normalized spacial score (nSPS) is 9.80. The van der Waals surface area contributed by atoms with Crippen LogP contribution in [-0.4, -0.2) is 25.9 Å². The van der Waals surface area contributed by atoms with Crippen molar-refractivity contribution < 1.29 is 14.3 Å². The van der Waals surface area contributed by atoms with Crippen molar-refractivity contribution in [3.63, 3.8) is 0 Å². The molecule has 3 nitrogen and oxygen atoms in total. The van der Waals surface area contributed by atoms with Crippen molar-refractivity contribution in [1.29, 1.82) is 0 Å². The SMILES string of the molecule is CCSc1cccc(C(=O)OC)c1OC. The molecule has 0 saturated heterocycles. The first-order chi connectivity index (χ1) is 7.24. The van der Waals surface area contributed by atoms with Gasteiger partial charge in [-0.15, -0.1) is 11.8 Å². The molecule has 1 aromatic rings. The Hall–Kier alpha value is -1.16. The minimum absolute atomic E-state index is 0.370. The molecule has 0 fully saturated rings. The van der Waals surface area contributed by atoms with Crippen molar-refractivity contribution in [1.82, 2.24) is 0 Å². The Morgan fingerprint density at radius 2 is 2.13 bits per heavy atom. The van der Waals surface area contributed by atoms with Gasteiger partial charge in [0.05, 0.1) is 19.1 Å². The quantitative estimate of drug-likeness (QED) is 0.584. The number of ether oxygens (including phenoxy) is 2. The molecule has 15 heavy (non-hydrogen) atoms. The lowest BCUT2D eigenvalue weighted by Gasteiger charge is -2.10. The van der Waals surface area contributed by atoms with Gasteiger partial charge in [0.15, 0.2) is 0 Å². The molecule has 0 amide bonds. The maximum Gasteiger partial charge on any atom is 0.341 e. The van der Waals surface area contributed by atoms with Gasteiger partial charge >= 0.3 is 5.97 Å². The summed E-state index contributed by atoms with van der Waals surface area (Å²) >= 11 is 1.64. The van der Waals surface area contributed by atoms with Crippen molar-refractivity contribution in [3.8, 4) is 5.75 Å². The molecule has 0 atom stereocenters. The molecule has 0 aliphatic heterocycles. The fraction of sp³-hybridized carbons (Fsp3) is 0.364. The van der Waals surface area contributed by atoms with Gasteiger partial charge in [-0.3, -0.25) is 0 Å². The Kier molecular flexibility index (Phi) is 4.49. The third-order valence-corrected chi connectivity index (χ3v) is 2.81. The molecular weight excluding hydrogens is 212 g/mol. The maximum absolute atomic E-state index is 11.4. The number of carbonyl (C=O) groups excluding carboxylic acids is 1. The highest BCUT2D eigenvalue weighted by Gasteiger charge is 2.15. The summed E-state index contributed by atoms with van der Waals surface area (Å²) in [6, 6.07) is 5.45. The Bertz CT molecular complexity index is 350. The van der Waals surface area contributed by atoms with Crippen molar-refractivity contribution in [2.24, 2.45) is 0 Å². The lowest BCUT2D eigenvalue weighted by molar-refractivity contribution is 0.0596. The molecular formula is C11H14O3S. The van der Waals surface area contributed by atoms with E-state index in [9.17, 15) is 4.79 Å². The number of para-hydroxylation sites is 1. The second kappa shape index (κ2) is 5.66. The molecule has 4 heteroatoms. The van der Waals surface area contributed by atoms with Crippen LogP contribution < -0.4 is 4.74 Å². The average Bonchev–Trinajstić information content (AvgIpc) is 2.28. The highest BCUT2D eigenvalue weighted by Crippen LogP contribution is 2.32. The Balaban J connectivity index is 3.15. The van der Waals surface area contributed by atoms with Crippen LogP contribution in [0.3, 0.4) is 0 Å². The third-order valence-electron chi connectivity index (χ3n) is 1.89. The molecule has 0 spiro atoms. The van der Waals surface area contributed by atoms with Crippen LogP contribution in [-0.2, 0) is 4.74 Å². The smallest absolute Gasteiger partial charge is 0.341 e. The number of benzene rings is 1. The molecule has 0 heterocycles. The number of carbonyl (C=O) groups is 1. The van der Waals surface area contributed by atoms with Gasteiger partial charge in [0.25, 0.3) is 0 Å². The van der Waals surface area contributed by atoms with E-state index in [1.807, 2.05) is 12.1 Å². The van der Waals surface area contributed by atoms with Crippen LogP contribution in [0, 0.1) is 0 Å². The topological polar surface area (TPSA) is 35.5 Å². The summed E-state index contributed by atoms with van der Waals surface area (Å²) in [5.74, 6) is 1.16. The van der Waals surface area contributed by atoms with Crippen LogP contribution in [0.25, 0.3) is 0 Å². The van der Waals surface area contributed by atoms with Crippen molar-refractivity contribution in [3.05, 3.63) is 23.8 Å². The molecule has 0 aliphatic carbocycles. The van der Waals surface area contributed by atoms with Gasteiger partial charge in [-0.1, -0.05) is 13.0 Å². The van der Waals surface area contributed by atoms with Crippen LogP contribution in [0.1, 0.15) is 17.3 Å². The lowest BCUT2D eigenvalue weighted by Crippen LogP contribution is -2.04. The first kappa shape index (κ1) is 11.9. The van der Waals surface area contributed by atoms with E-state index >= 15 is 0 Å². The average molecular weight is 226 g/mol. The van der Waals surface area contributed by atoms with Gasteiger partial charge in [0.2, 0.25) is 0 Å². The van der Waals surface area contributed by atoms with E-state index < -0.39 is 0 Å². The number of esters is 1. The van der Waals surface area contributed by atoms with Crippen molar-refractivity contribution >= 4 is 17.7 Å². The Morgan fingerprint density at radius 1 is 1.40 bits per heavy atom. The fourth-order valence-electron chi connectivity index (χ4n) is 1.27. The van der Waals surface area contributed by atoms with Crippen molar-refractivity contribution in [2.45, 2.75) is 11.8 Å². The molecule has 0 aromatic heterocycles. The minimum atomic E-state index is -0.370. The zero-order valence-corrected chi connectivity index (χ0v) is 9.89. The van der Waals surface area contributed by atoms with Crippen LogP contribution in [0.2, 0.25) is 0 Å². The minimum Gasteiger partial charge on any atom is -0.495 e. The second-order valence-corrected chi connectivity index (χ2v) is 4.07. The molecule has 0 radical (unpaired) electrons. The standard InChI is InChI=1S/C11H14O3S/c1-4-15-9-7-5-6-8(10(9)13-2)11(12)14-3/h5-7H,4H2,1-3H3. The molecule has 1 aromatic carbocycles. The summed E-state index contributed by atoms with van der Waals surface area (Å²) in [6.45, 7) is 2.05. The molecule has 1 rings (SSSR count). The zero-order valence-electron chi connectivity index (χ0n) is 9.07. The van der Waals surface area contributed by atoms with Crippen LogP contribution in [0.5, 0.6) is 5.75 Å². The fourth-order valence-corrected chi connectivity index (χ4v) is 2.08. The Labute approximate surface area is 93.8 Å². The van der Waals surface area contributed by atoms with Gasteiger partial charge < -0.3 is 9.47 Å². The summed E-state index contributed by atoms with van der Waals surface area (Å²) in [5, 5.41) is 0. The number of rotatable bonds is 4. The van der Waals surface area contributed by atoms with E-state index in [-0.39, 0.29) is 5.97 Å². The van der Waals surface area contributed by atoms with Crippen LogP contribution in [0.15, 0.2) is 23.1 Å². The Morgan fingerprint density at radius 3 is 2.67 bits per heavy atom. The number of thioether (sulfide) groups is 1. The summed E-state index contributed by atoms with van der Waals surface area (Å²) < 4.78 is 9.91. The highest BCUT2D eigenvalue weighted by atomic mass is 32.2. The monoisotopic (exact) mass is 226 g/mol. The first-order valence-electron chi connectivity index (χ1n) is 4.62. The molecule has 0 saturated carbocycles. The summed E-state index contributed by atoms with van der Waals surface area (Å²) in [7, 11) is 2.92. The summed E-state index contributed by atoms with van der Waals surface area (Å²) in [4.78, 5) is 12.4. The predicted octanol–water partition coefficient (Wildman–Crippen LogP) is 2.59. The van der Waals surface area contributed by atoms with E-state index in [1.54, 1.807) is 24.9 Å². The third kappa shape index (κ3) is 2.65. The maximum atomic E-state index is 11.4. The molecule has 0 aliphatic rings. The number of hydrogen-bond donors (Lipinski definition) is 0. The predicted molar refractivity (Wildman–Crippen MR) is 60.7 cm³/mol. The van der Waals surface area contributed by atoms with E-state index in [2.05, 4.69) is 11.7 Å². The van der Waals surface area contributed by atoms with Gasteiger partial charge in [0, 0.05) is 0 Å².